The van der Waals surface area contributed by atoms with E-state index in [4.69, 9.17) is 5.11 Å². The maximum absolute atomic E-state index is 12.4. The van der Waals surface area contributed by atoms with E-state index in [1.165, 1.54) is 30.3 Å². The fraction of sp³-hybridized carbons (Fsp3) is 0.0714. The Kier molecular flexibility index (Phi) is 3.40. The molecule has 2 N–H and O–H groups in total. The summed E-state index contributed by atoms with van der Waals surface area (Å²) in [4.78, 5) is 10.9. The van der Waals surface area contributed by atoms with Crippen LogP contribution in [0.2, 0.25) is 0 Å². The molecule has 0 amide bonds. The third kappa shape index (κ3) is 2.74. The number of carboxylic acid groups (broad SMARTS) is 1. The molecule has 6 heteroatoms. The Labute approximate surface area is 111 Å². The van der Waals surface area contributed by atoms with Gasteiger partial charge < -0.3 is 10.2 Å². The Balaban J connectivity index is 2.46. The van der Waals surface area contributed by atoms with E-state index >= 15 is 0 Å². The van der Waals surface area contributed by atoms with Crippen molar-refractivity contribution in [2.45, 2.75) is 6.18 Å². The van der Waals surface area contributed by atoms with Crippen molar-refractivity contribution in [1.82, 2.24) is 0 Å². The number of phenols is 1. The van der Waals surface area contributed by atoms with Crippen LogP contribution in [-0.2, 0) is 6.18 Å². The van der Waals surface area contributed by atoms with E-state index in [0.717, 1.165) is 12.1 Å². The van der Waals surface area contributed by atoms with Gasteiger partial charge in [-0.2, -0.15) is 13.2 Å². The summed E-state index contributed by atoms with van der Waals surface area (Å²) in [6.45, 7) is 0. The molecule has 104 valence electrons. The highest BCUT2D eigenvalue weighted by molar-refractivity contribution is 5.90. The van der Waals surface area contributed by atoms with Gasteiger partial charge in [0.25, 0.3) is 0 Å². The average Bonchev–Trinajstić information content (AvgIpc) is 2.38. The van der Waals surface area contributed by atoms with Crippen LogP contribution in [0, 0.1) is 0 Å². The van der Waals surface area contributed by atoms with Gasteiger partial charge in [0, 0.05) is 5.56 Å². The zero-order chi connectivity index (χ0) is 14.9. The van der Waals surface area contributed by atoms with Crippen LogP contribution in [-0.4, -0.2) is 16.2 Å². The van der Waals surface area contributed by atoms with E-state index < -0.39 is 17.7 Å². The Hall–Kier alpha value is -2.50. The molecule has 20 heavy (non-hydrogen) atoms. The Morgan fingerprint density at radius 2 is 1.60 bits per heavy atom. The molecule has 0 radical (unpaired) electrons. The summed E-state index contributed by atoms with van der Waals surface area (Å²) in [5.74, 6) is -1.38. The number of benzene rings is 2. The van der Waals surface area contributed by atoms with Crippen LogP contribution in [0.5, 0.6) is 5.75 Å². The number of hydrogen-bond acceptors (Lipinski definition) is 2. The van der Waals surface area contributed by atoms with Gasteiger partial charge in [-0.25, -0.2) is 4.79 Å². The first kappa shape index (κ1) is 13.9. The summed E-state index contributed by atoms with van der Waals surface area (Å²) < 4.78 is 37.3. The number of phenolic OH excluding ortho intramolecular Hbond substituents is 1. The van der Waals surface area contributed by atoms with Crippen molar-refractivity contribution in [3.8, 4) is 16.9 Å². The summed E-state index contributed by atoms with van der Waals surface area (Å²) in [5, 5.41) is 18.6. The Bertz CT molecular complexity index is 646. The summed E-state index contributed by atoms with van der Waals surface area (Å²) in [5.41, 5.74) is -0.398. The molecule has 0 aliphatic rings. The molecule has 0 aromatic heterocycles. The average molecular weight is 282 g/mol. The molecule has 0 fully saturated rings. The number of carboxylic acids is 1. The second-order valence-electron chi connectivity index (χ2n) is 4.11. The second kappa shape index (κ2) is 4.88. The number of aromatic carboxylic acids is 1. The molecule has 2 rings (SSSR count). The van der Waals surface area contributed by atoms with Crippen molar-refractivity contribution in [2.75, 3.05) is 0 Å². The molecule has 0 saturated carbocycles. The molecule has 0 saturated heterocycles. The molecule has 3 nitrogen and oxygen atoms in total. The zero-order valence-corrected chi connectivity index (χ0v) is 9.98. The predicted molar refractivity (Wildman–Crippen MR) is 65.5 cm³/mol. The predicted octanol–water partition coefficient (Wildman–Crippen LogP) is 3.78. The largest absolute Gasteiger partial charge is 0.507 e. The number of carbonyl (C=O) groups is 1. The normalized spacial score (nSPS) is 11.3. The molecular weight excluding hydrogens is 273 g/mol. The third-order valence-corrected chi connectivity index (χ3v) is 2.77. The quantitative estimate of drug-likeness (QED) is 0.881. The summed E-state index contributed by atoms with van der Waals surface area (Å²) >= 11 is 0. The van der Waals surface area contributed by atoms with E-state index in [1.54, 1.807) is 0 Å². The van der Waals surface area contributed by atoms with Gasteiger partial charge in [0.1, 0.15) is 5.75 Å². The number of hydrogen-bond donors (Lipinski definition) is 2. The van der Waals surface area contributed by atoms with E-state index in [9.17, 15) is 23.1 Å². The lowest BCUT2D eigenvalue weighted by molar-refractivity contribution is -0.137. The molecule has 0 heterocycles. The van der Waals surface area contributed by atoms with Crippen molar-refractivity contribution in [1.29, 1.82) is 0 Å². The smallest absolute Gasteiger partial charge is 0.416 e. The minimum absolute atomic E-state index is 0.0577. The van der Waals surface area contributed by atoms with Crippen molar-refractivity contribution in [3.05, 3.63) is 53.6 Å². The Morgan fingerprint density at radius 1 is 1.00 bits per heavy atom. The number of halogens is 3. The number of rotatable bonds is 2. The molecule has 0 aliphatic carbocycles. The Morgan fingerprint density at radius 3 is 2.10 bits per heavy atom. The van der Waals surface area contributed by atoms with Crippen LogP contribution in [0.3, 0.4) is 0 Å². The van der Waals surface area contributed by atoms with Gasteiger partial charge in [0.2, 0.25) is 0 Å². The maximum atomic E-state index is 12.4. The highest BCUT2D eigenvalue weighted by Gasteiger charge is 2.30. The number of aromatic hydroxyl groups is 1. The summed E-state index contributed by atoms with van der Waals surface area (Å²) in [7, 11) is 0. The second-order valence-corrected chi connectivity index (χ2v) is 4.11. The fourth-order valence-corrected chi connectivity index (χ4v) is 1.74. The van der Waals surface area contributed by atoms with Gasteiger partial charge in [-0.3, -0.25) is 0 Å². The molecule has 0 aliphatic heterocycles. The molecule has 2 aromatic rings. The SMILES string of the molecule is O=C(O)c1ccc(O)c(-c2ccc(C(F)(F)F)cc2)c1. The van der Waals surface area contributed by atoms with E-state index in [-0.39, 0.29) is 16.9 Å². The van der Waals surface area contributed by atoms with Gasteiger partial charge in [0.15, 0.2) is 0 Å². The lowest BCUT2D eigenvalue weighted by Crippen LogP contribution is -2.04. The van der Waals surface area contributed by atoms with Crippen molar-refractivity contribution in [2.24, 2.45) is 0 Å². The first-order chi connectivity index (χ1) is 9.29. The van der Waals surface area contributed by atoms with Gasteiger partial charge >= 0.3 is 12.1 Å². The summed E-state index contributed by atoms with van der Waals surface area (Å²) in [6.07, 6.45) is -4.44. The van der Waals surface area contributed by atoms with Crippen molar-refractivity contribution >= 4 is 5.97 Å². The molecule has 0 spiro atoms. The van der Waals surface area contributed by atoms with Gasteiger partial charge in [-0.05, 0) is 35.9 Å². The van der Waals surface area contributed by atoms with Gasteiger partial charge in [0.05, 0.1) is 11.1 Å². The minimum atomic E-state index is -4.44. The van der Waals surface area contributed by atoms with Crippen LogP contribution < -0.4 is 0 Å². The van der Waals surface area contributed by atoms with Crippen LogP contribution >= 0.6 is 0 Å². The number of alkyl halides is 3. The van der Waals surface area contributed by atoms with E-state index in [2.05, 4.69) is 0 Å². The van der Waals surface area contributed by atoms with Gasteiger partial charge in [-0.1, -0.05) is 12.1 Å². The fourth-order valence-electron chi connectivity index (χ4n) is 1.74. The molecule has 0 bridgehead atoms. The van der Waals surface area contributed by atoms with Crippen molar-refractivity contribution < 1.29 is 28.2 Å². The highest BCUT2D eigenvalue weighted by Crippen LogP contribution is 2.34. The first-order valence-corrected chi connectivity index (χ1v) is 5.53. The highest BCUT2D eigenvalue weighted by atomic mass is 19.4. The zero-order valence-electron chi connectivity index (χ0n) is 9.98. The lowest BCUT2D eigenvalue weighted by Gasteiger charge is -2.09. The van der Waals surface area contributed by atoms with Crippen LogP contribution in [0.15, 0.2) is 42.5 Å². The standard InChI is InChI=1S/C14H9F3O3/c15-14(16,17)10-4-1-8(2-5-10)11-7-9(13(19)20)3-6-12(11)18/h1-7,18H,(H,19,20). The monoisotopic (exact) mass is 282 g/mol. The van der Waals surface area contributed by atoms with E-state index in [0.29, 0.717) is 5.56 Å². The van der Waals surface area contributed by atoms with Crippen LogP contribution in [0.4, 0.5) is 13.2 Å². The topological polar surface area (TPSA) is 57.5 Å². The molecule has 0 unspecified atom stereocenters. The molecule has 2 aromatic carbocycles. The maximum Gasteiger partial charge on any atom is 0.416 e. The van der Waals surface area contributed by atoms with Crippen molar-refractivity contribution in [3.63, 3.8) is 0 Å². The molecule has 0 atom stereocenters. The molecular formula is C14H9F3O3. The summed E-state index contributed by atoms with van der Waals surface area (Å²) in [6, 6.07) is 7.74. The lowest BCUT2D eigenvalue weighted by atomic mass is 10.0. The van der Waals surface area contributed by atoms with Gasteiger partial charge in [-0.15, -0.1) is 0 Å². The van der Waals surface area contributed by atoms with Crippen LogP contribution in [0.1, 0.15) is 15.9 Å². The first-order valence-electron chi connectivity index (χ1n) is 5.53. The third-order valence-electron chi connectivity index (χ3n) is 2.77. The van der Waals surface area contributed by atoms with Crippen LogP contribution in [0.25, 0.3) is 11.1 Å². The van der Waals surface area contributed by atoms with E-state index in [1.807, 2.05) is 0 Å². The minimum Gasteiger partial charge on any atom is -0.507 e.